The van der Waals surface area contributed by atoms with Crippen LogP contribution in [0.5, 0.6) is 0 Å². The van der Waals surface area contributed by atoms with Gasteiger partial charge in [-0.3, -0.25) is 14.7 Å². The van der Waals surface area contributed by atoms with Gasteiger partial charge in [0, 0.05) is 61.5 Å². The van der Waals surface area contributed by atoms with Crippen molar-refractivity contribution in [3.63, 3.8) is 0 Å². The maximum atomic E-state index is 14.5. The van der Waals surface area contributed by atoms with Crippen LogP contribution >= 0.6 is 22.9 Å². The molecular weight excluding hydrogens is 505 g/mol. The number of piperidine rings is 1. The molecule has 2 fully saturated rings. The molecule has 2 saturated heterocycles. The van der Waals surface area contributed by atoms with Crippen LogP contribution in [0, 0.1) is 5.82 Å². The van der Waals surface area contributed by atoms with Crippen molar-refractivity contribution < 1.29 is 18.7 Å². The molecule has 5 rings (SSSR count). The van der Waals surface area contributed by atoms with E-state index in [1.807, 2.05) is 10.3 Å². The first-order chi connectivity index (χ1) is 17.5. The van der Waals surface area contributed by atoms with Gasteiger partial charge in [-0.25, -0.2) is 14.2 Å². The molecule has 3 aliphatic heterocycles. The van der Waals surface area contributed by atoms with Gasteiger partial charge in [-0.15, -0.1) is 11.3 Å². The Balaban J connectivity index is 1.54. The minimum atomic E-state index is -0.861. The largest absolute Gasteiger partial charge is 0.463 e. The van der Waals surface area contributed by atoms with Gasteiger partial charge in [-0.2, -0.15) is 0 Å². The Kier molecular flexibility index (Phi) is 7.36. The van der Waals surface area contributed by atoms with Gasteiger partial charge in [0.15, 0.2) is 10.8 Å². The van der Waals surface area contributed by atoms with Crippen LogP contribution in [-0.2, 0) is 14.3 Å². The Morgan fingerprint density at radius 2 is 2.22 bits per heavy atom. The standard InChI is InChI=1S/C25H27ClFN5O3S/c1-2-35-25(34)20-18(14-31-10-11-32-15(13-31)5-3-8-19(32)33)29-23(24-28-9-12-36-24)30-22(20)16-6-4-7-17(27)21(16)26/h4,6-7,9,12,15,22H,2-3,5,8,10-11,13-14H2,1H3,(H,29,30). The van der Waals surface area contributed by atoms with E-state index < -0.39 is 17.8 Å². The summed E-state index contributed by atoms with van der Waals surface area (Å²) >= 11 is 7.78. The third kappa shape index (κ3) is 4.89. The number of halogens is 2. The SMILES string of the molecule is CCOC(=O)C1=C(CN2CCN3C(=O)CCCC3C2)NC(c2nccs2)=NC1c1cccc(F)c1Cl. The Morgan fingerprint density at radius 3 is 3.00 bits per heavy atom. The molecule has 1 amide bonds. The maximum absolute atomic E-state index is 14.5. The van der Waals surface area contributed by atoms with Crippen LogP contribution in [0.15, 0.2) is 46.0 Å². The van der Waals surface area contributed by atoms with Gasteiger partial charge in [0.05, 0.1) is 17.2 Å². The van der Waals surface area contributed by atoms with Gasteiger partial charge in [0.2, 0.25) is 5.91 Å². The number of thiazole rings is 1. The number of aromatic nitrogens is 1. The molecule has 0 aliphatic carbocycles. The number of piperazine rings is 1. The molecule has 2 atom stereocenters. The third-order valence-corrected chi connectivity index (χ3v) is 7.91. The Morgan fingerprint density at radius 1 is 1.36 bits per heavy atom. The molecule has 1 aromatic heterocycles. The fraction of sp³-hybridized carbons (Fsp3) is 0.440. The van der Waals surface area contributed by atoms with Crippen molar-refractivity contribution in [3.8, 4) is 0 Å². The van der Waals surface area contributed by atoms with Gasteiger partial charge in [0.25, 0.3) is 0 Å². The number of carbonyl (C=O) groups excluding carboxylic acids is 2. The quantitative estimate of drug-likeness (QED) is 0.574. The van der Waals surface area contributed by atoms with Gasteiger partial charge < -0.3 is 15.0 Å². The maximum Gasteiger partial charge on any atom is 0.338 e. The summed E-state index contributed by atoms with van der Waals surface area (Å²) in [4.78, 5) is 39.0. The van der Waals surface area contributed by atoms with Gasteiger partial charge in [-0.1, -0.05) is 23.7 Å². The second-order valence-corrected chi connectivity index (χ2v) is 10.2. The summed E-state index contributed by atoms with van der Waals surface area (Å²) in [6.07, 6.45) is 4.15. The van der Waals surface area contributed by atoms with Crippen LogP contribution < -0.4 is 5.32 Å². The monoisotopic (exact) mass is 531 g/mol. The van der Waals surface area contributed by atoms with Crippen molar-refractivity contribution in [1.29, 1.82) is 0 Å². The molecule has 0 spiro atoms. The number of amides is 1. The first-order valence-electron chi connectivity index (χ1n) is 12.1. The zero-order valence-electron chi connectivity index (χ0n) is 19.9. The Hall–Kier alpha value is -2.82. The highest BCUT2D eigenvalue weighted by molar-refractivity contribution is 7.11. The van der Waals surface area contributed by atoms with E-state index in [2.05, 4.69) is 15.2 Å². The van der Waals surface area contributed by atoms with Crippen LogP contribution in [0.3, 0.4) is 0 Å². The predicted molar refractivity (Wildman–Crippen MR) is 135 cm³/mol. The third-order valence-electron chi connectivity index (χ3n) is 6.73. The van der Waals surface area contributed by atoms with Crippen molar-refractivity contribution in [2.45, 2.75) is 38.3 Å². The summed E-state index contributed by atoms with van der Waals surface area (Å²) < 4.78 is 19.9. The number of aliphatic imine (C=N–C) groups is 1. The second kappa shape index (κ2) is 10.7. The van der Waals surface area contributed by atoms with Crippen molar-refractivity contribution in [2.75, 3.05) is 32.8 Å². The van der Waals surface area contributed by atoms with Gasteiger partial charge in [-0.05, 0) is 25.8 Å². The average molecular weight is 532 g/mol. The number of hydrogen-bond donors (Lipinski definition) is 1. The number of benzene rings is 1. The van der Waals surface area contributed by atoms with Crippen LogP contribution in [0.2, 0.25) is 5.02 Å². The second-order valence-electron chi connectivity index (χ2n) is 8.97. The van der Waals surface area contributed by atoms with Crippen LogP contribution in [0.25, 0.3) is 0 Å². The van der Waals surface area contributed by atoms with E-state index in [4.69, 9.17) is 21.3 Å². The first-order valence-corrected chi connectivity index (χ1v) is 13.3. The van der Waals surface area contributed by atoms with Crippen LogP contribution in [0.1, 0.15) is 42.8 Å². The van der Waals surface area contributed by atoms with E-state index in [1.54, 1.807) is 25.3 Å². The molecule has 190 valence electrons. The minimum Gasteiger partial charge on any atom is -0.463 e. The Bertz CT molecular complexity index is 1220. The molecule has 2 unspecified atom stereocenters. The number of carbonyl (C=O) groups is 2. The number of nitrogens with zero attached hydrogens (tertiary/aromatic N) is 4. The molecule has 8 nitrogen and oxygen atoms in total. The summed E-state index contributed by atoms with van der Waals surface area (Å²) in [5, 5.41) is 5.73. The number of hydrogen-bond acceptors (Lipinski definition) is 8. The lowest BCUT2D eigenvalue weighted by Crippen LogP contribution is -2.57. The molecule has 3 aliphatic rings. The van der Waals surface area contributed by atoms with Crippen molar-refractivity contribution in [1.82, 2.24) is 20.1 Å². The van der Waals surface area contributed by atoms with E-state index in [9.17, 15) is 14.0 Å². The van der Waals surface area contributed by atoms with Crippen molar-refractivity contribution in [2.24, 2.45) is 4.99 Å². The van der Waals surface area contributed by atoms with E-state index in [0.717, 1.165) is 12.8 Å². The lowest BCUT2D eigenvalue weighted by atomic mass is 9.94. The Labute approximate surface area is 217 Å². The molecule has 4 heterocycles. The first kappa shape index (κ1) is 24.9. The highest BCUT2D eigenvalue weighted by Crippen LogP contribution is 2.37. The van der Waals surface area contributed by atoms with Crippen molar-refractivity contribution >= 4 is 40.6 Å². The molecule has 0 radical (unpaired) electrons. The highest BCUT2D eigenvalue weighted by atomic mass is 35.5. The fourth-order valence-corrected chi connectivity index (χ4v) is 5.89. The number of rotatable bonds is 6. The van der Waals surface area contributed by atoms with Gasteiger partial charge in [0.1, 0.15) is 11.9 Å². The molecule has 1 aromatic carbocycles. The summed E-state index contributed by atoms with van der Waals surface area (Å²) in [7, 11) is 0. The number of ether oxygens (including phenoxy) is 1. The van der Waals surface area contributed by atoms with E-state index in [0.29, 0.717) is 60.3 Å². The summed E-state index contributed by atoms with van der Waals surface area (Å²) in [6, 6.07) is 3.81. The molecule has 2 aromatic rings. The molecular formula is C25H27ClFN5O3S. The fourth-order valence-electron chi connectivity index (χ4n) is 5.07. The smallest absolute Gasteiger partial charge is 0.338 e. The number of amidine groups is 1. The molecule has 11 heteroatoms. The number of fused-ring (bicyclic) bond motifs is 1. The number of nitrogens with one attached hydrogen (secondary N) is 1. The van der Waals surface area contributed by atoms with Gasteiger partial charge >= 0.3 is 5.97 Å². The van der Waals surface area contributed by atoms with Crippen LogP contribution in [0.4, 0.5) is 4.39 Å². The minimum absolute atomic E-state index is 0.0814. The average Bonchev–Trinajstić information content (AvgIpc) is 3.41. The normalized spacial score (nSPS) is 22.7. The molecule has 0 bridgehead atoms. The zero-order chi connectivity index (χ0) is 25.2. The van der Waals surface area contributed by atoms with Crippen LogP contribution in [-0.4, -0.2) is 71.3 Å². The molecule has 1 N–H and O–H groups in total. The number of esters is 1. The van der Waals surface area contributed by atoms with E-state index >= 15 is 0 Å². The lowest BCUT2D eigenvalue weighted by molar-refractivity contribution is -0.139. The van der Waals surface area contributed by atoms with Crippen molar-refractivity contribution in [3.05, 3.63) is 62.5 Å². The van der Waals surface area contributed by atoms with E-state index in [-0.39, 0.29) is 23.6 Å². The lowest BCUT2D eigenvalue weighted by Gasteiger charge is -2.44. The summed E-state index contributed by atoms with van der Waals surface area (Å²) in [5.74, 6) is -0.405. The topological polar surface area (TPSA) is 87.1 Å². The highest BCUT2D eigenvalue weighted by Gasteiger charge is 2.37. The summed E-state index contributed by atoms with van der Waals surface area (Å²) in [6.45, 7) is 4.38. The summed E-state index contributed by atoms with van der Waals surface area (Å²) in [5.41, 5.74) is 1.30. The van der Waals surface area contributed by atoms with E-state index in [1.165, 1.54) is 17.4 Å². The predicted octanol–water partition coefficient (Wildman–Crippen LogP) is 3.54. The molecule has 36 heavy (non-hydrogen) atoms. The zero-order valence-corrected chi connectivity index (χ0v) is 21.4. The molecule has 0 saturated carbocycles.